The minimum atomic E-state index is -1.31. The lowest BCUT2D eigenvalue weighted by molar-refractivity contribution is -0.142. The Hall–Kier alpha value is -5.77. The molecule has 256 valence electrons. The number of fused-ring (bicyclic) bond motifs is 1. The first kappa shape index (κ1) is 32.8. The number of aromatic nitrogens is 8. The van der Waals surface area contributed by atoms with Crippen molar-refractivity contribution in [2.75, 3.05) is 23.8 Å². The summed E-state index contributed by atoms with van der Waals surface area (Å²) in [6.45, 7) is 0.547. The van der Waals surface area contributed by atoms with Gasteiger partial charge in [-0.3, -0.25) is 9.36 Å². The highest BCUT2D eigenvalue weighted by molar-refractivity contribution is 5.84. The van der Waals surface area contributed by atoms with Crippen molar-refractivity contribution < 1.29 is 24.5 Å². The summed E-state index contributed by atoms with van der Waals surface area (Å²) in [4.78, 5) is 27.1. The number of nitrogens with zero attached hydrogens (tertiary/aromatic N) is 8. The SMILES string of the molecule is Cn1nnc([C@H]2O[C@@H](n3cnc4c(NCC(c5ccccc5)c5ccccc5)nc(N[C@H](CO)Cc5ccccc5)nc43)[C@H](OC=O)[C@@H]2O)n1. The molecule has 0 bridgehead atoms. The zero-order valence-electron chi connectivity index (χ0n) is 27.1. The molecule has 1 saturated heterocycles. The van der Waals surface area contributed by atoms with Gasteiger partial charge in [-0.2, -0.15) is 14.8 Å². The van der Waals surface area contributed by atoms with E-state index in [1.165, 1.54) is 11.1 Å². The third-order valence-electron chi connectivity index (χ3n) is 8.66. The van der Waals surface area contributed by atoms with Crippen LogP contribution in [0.15, 0.2) is 97.3 Å². The molecule has 3 aromatic heterocycles. The Labute approximate surface area is 286 Å². The van der Waals surface area contributed by atoms with Crippen LogP contribution in [-0.2, 0) is 27.7 Å². The Kier molecular flexibility index (Phi) is 9.68. The molecule has 7 rings (SSSR count). The van der Waals surface area contributed by atoms with Gasteiger partial charge in [-0.25, -0.2) is 4.98 Å². The molecule has 3 aromatic carbocycles. The van der Waals surface area contributed by atoms with Crippen molar-refractivity contribution in [1.29, 1.82) is 0 Å². The van der Waals surface area contributed by atoms with Gasteiger partial charge in [0.2, 0.25) is 11.8 Å². The highest BCUT2D eigenvalue weighted by atomic mass is 16.6. The largest absolute Gasteiger partial charge is 0.457 e. The molecule has 15 heteroatoms. The van der Waals surface area contributed by atoms with Gasteiger partial charge in [0.05, 0.1) is 26.0 Å². The standard InChI is InChI=1S/C35H36N10O5/c1-44-42-32(41-43-44)29-28(48)30(49-21-47)34(50-29)45-20-37-27-31(36-18-26(23-13-7-3-8-14-23)24-15-9-4-10-16-24)39-35(40-33(27)45)38-25(19-46)17-22-11-5-2-6-12-22/h2-16,20-21,25-26,28-30,34,46,48H,17-19H2,1H3,(H2,36,38,39,40)/t25-,28+,29-,30+,34+/m0/s1. The predicted molar refractivity (Wildman–Crippen MR) is 182 cm³/mol. The van der Waals surface area contributed by atoms with Crippen LogP contribution in [0.25, 0.3) is 11.2 Å². The van der Waals surface area contributed by atoms with E-state index >= 15 is 0 Å². The summed E-state index contributed by atoms with van der Waals surface area (Å²) in [5, 5.41) is 40.4. The maximum absolute atomic E-state index is 11.6. The van der Waals surface area contributed by atoms with E-state index in [9.17, 15) is 15.0 Å². The van der Waals surface area contributed by atoms with Crippen LogP contribution in [0.4, 0.5) is 11.8 Å². The molecular formula is C35H36N10O5. The maximum atomic E-state index is 11.6. The number of anilines is 2. The molecule has 5 atom stereocenters. The smallest absolute Gasteiger partial charge is 0.293 e. The number of hydrogen-bond acceptors (Lipinski definition) is 13. The second kappa shape index (κ2) is 14.8. The fourth-order valence-corrected chi connectivity index (χ4v) is 6.24. The second-order valence-corrected chi connectivity index (χ2v) is 12.0. The lowest BCUT2D eigenvalue weighted by Crippen LogP contribution is -2.32. The lowest BCUT2D eigenvalue weighted by atomic mass is 9.91. The van der Waals surface area contributed by atoms with Crippen molar-refractivity contribution in [1.82, 2.24) is 39.7 Å². The highest BCUT2D eigenvalue weighted by Crippen LogP contribution is 2.40. The van der Waals surface area contributed by atoms with Gasteiger partial charge in [0, 0.05) is 12.5 Å². The number of carbonyl (C=O) groups is 1. The van der Waals surface area contributed by atoms with Crippen molar-refractivity contribution in [3.63, 3.8) is 0 Å². The van der Waals surface area contributed by atoms with Gasteiger partial charge >= 0.3 is 0 Å². The average Bonchev–Trinajstić information content (AvgIpc) is 3.86. The third-order valence-corrected chi connectivity index (χ3v) is 8.66. The topological polar surface area (TPSA) is 187 Å². The van der Waals surface area contributed by atoms with Crippen molar-refractivity contribution >= 4 is 29.4 Å². The van der Waals surface area contributed by atoms with E-state index < -0.39 is 30.6 Å². The van der Waals surface area contributed by atoms with Gasteiger partial charge in [0.15, 0.2) is 35.4 Å². The van der Waals surface area contributed by atoms with Gasteiger partial charge in [0.1, 0.15) is 6.10 Å². The van der Waals surface area contributed by atoms with Crippen LogP contribution in [0.5, 0.6) is 0 Å². The zero-order valence-corrected chi connectivity index (χ0v) is 27.1. The summed E-state index contributed by atoms with van der Waals surface area (Å²) in [6.07, 6.45) is -2.54. The molecule has 0 aliphatic carbocycles. The molecule has 0 unspecified atom stereocenters. The van der Waals surface area contributed by atoms with Crippen molar-refractivity contribution in [2.24, 2.45) is 7.05 Å². The van der Waals surface area contributed by atoms with E-state index in [2.05, 4.69) is 55.3 Å². The lowest BCUT2D eigenvalue weighted by Gasteiger charge is -2.22. The number of aliphatic hydroxyl groups excluding tert-OH is 2. The average molecular weight is 677 g/mol. The molecule has 4 N–H and O–H groups in total. The fraction of sp³-hybridized carbons (Fsp3) is 0.286. The maximum Gasteiger partial charge on any atom is 0.293 e. The Bertz CT molecular complexity index is 1970. The quantitative estimate of drug-likeness (QED) is 0.124. The molecule has 4 heterocycles. The number of benzene rings is 3. The van der Waals surface area contributed by atoms with Crippen LogP contribution in [0, 0.1) is 0 Å². The number of tetrazole rings is 1. The predicted octanol–water partition coefficient (Wildman–Crippen LogP) is 2.78. The van der Waals surface area contributed by atoms with Crippen LogP contribution in [0.3, 0.4) is 0 Å². The third kappa shape index (κ3) is 6.87. The molecule has 15 nitrogen and oxygen atoms in total. The first-order valence-corrected chi connectivity index (χ1v) is 16.2. The Morgan fingerprint density at radius 1 is 0.980 bits per heavy atom. The number of imidazole rings is 1. The number of rotatable bonds is 14. The van der Waals surface area contributed by atoms with Crippen LogP contribution in [0.2, 0.25) is 0 Å². The number of hydrogen-bond donors (Lipinski definition) is 4. The van der Waals surface area contributed by atoms with E-state index in [1.807, 2.05) is 66.7 Å². The van der Waals surface area contributed by atoms with Crippen LogP contribution in [0.1, 0.15) is 40.8 Å². The molecule has 0 radical (unpaired) electrons. The second-order valence-electron chi connectivity index (χ2n) is 12.0. The molecule has 1 aliphatic rings. The fourth-order valence-electron chi connectivity index (χ4n) is 6.24. The molecule has 0 saturated carbocycles. The number of aliphatic hydroxyl groups is 2. The Morgan fingerprint density at radius 2 is 1.66 bits per heavy atom. The van der Waals surface area contributed by atoms with Crippen molar-refractivity contribution in [3.8, 4) is 0 Å². The molecule has 0 amide bonds. The van der Waals surface area contributed by atoms with E-state index in [-0.39, 0.29) is 30.8 Å². The van der Waals surface area contributed by atoms with Gasteiger partial charge in [-0.1, -0.05) is 91.0 Å². The summed E-state index contributed by atoms with van der Waals surface area (Å²) in [6, 6.07) is 29.8. The summed E-state index contributed by atoms with van der Waals surface area (Å²) < 4.78 is 13.2. The minimum Gasteiger partial charge on any atom is -0.457 e. The van der Waals surface area contributed by atoms with E-state index in [0.29, 0.717) is 29.9 Å². The van der Waals surface area contributed by atoms with Gasteiger partial charge in [-0.05, 0) is 28.3 Å². The first-order valence-electron chi connectivity index (χ1n) is 16.2. The van der Waals surface area contributed by atoms with Crippen molar-refractivity contribution in [3.05, 3.63) is 120 Å². The molecule has 1 fully saturated rings. The van der Waals surface area contributed by atoms with Gasteiger partial charge < -0.3 is 30.3 Å². The molecule has 6 aromatic rings. The van der Waals surface area contributed by atoms with Gasteiger partial charge in [-0.15, -0.1) is 10.2 Å². The van der Waals surface area contributed by atoms with E-state index in [1.54, 1.807) is 11.6 Å². The monoisotopic (exact) mass is 676 g/mol. The summed E-state index contributed by atoms with van der Waals surface area (Å²) in [5.41, 5.74) is 4.02. The number of nitrogens with one attached hydrogen (secondary N) is 2. The number of aryl methyl sites for hydroxylation is 1. The number of ether oxygens (including phenoxy) is 2. The summed E-state index contributed by atoms with van der Waals surface area (Å²) in [5.74, 6) is 0.766. The molecular weight excluding hydrogens is 640 g/mol. The Balaban J connectivity index is 1.27. The van der Waals surface area contributed by atoms with Crippen LogP contribution in [-0.4, -0.2) is 87.8 Å². The first-order chi connectivity index (χ1) is 24.5. The summed E-state index contributed by atoms with van der Waals surface area (Å²) in [7, 11) is 1.59. The van der Waals surface area contributed by atoms with Crippen LogP contribution < -0.4 is 10.6 Å². The highest BCUT2D eigenvalue weighted by Gasteiger charge is 2.49. The van der Waals surface area contributed by atoms with Crippen molar-refractivity contribution in [2.45, 2.75) is 42.9 Å². The Morgan fingerprint density at radius 3 is 2.28 bits per heavy atom. The normalized spacial score (nSPS) is 19.4. The number of carbonyl (C=O) groups excluding carboxylic acids is 1. The zero-order chi connectivity index (χ0) is 34.5. The molecule has 1 aliphatic heterocycles. The molecule has 50 heavy (non-hydrogen) atoms. The van der Waals surface area contributed by atoms with Gasteiger partial charge in [0.25, 0.3) is 6.47 Å². The van der Waals surface area contributed by atoms with Crippen LogP contribution >= 0.6 is 0 Å². The summed E-state index contributed by atoms with van der Waals surface area (Å²) >= 11 is 0. The molecule has 0 spiro atoms. The van der Waals surface area contributed by atoms with E-state index in [4.69, 9.17) is 19.4 Å². The van der Waals surface area contributed by atoms with E-state index in [0.717, 1.165) is 16.7 Å². The minimum absolute atomic E-state index is 0.0249.